The molecule has 0 saturated carbocycles. The molecule has 0 spiro atoms. The summed E-state index contributed by atoms with van der Waals surface area (Å²) in [6, 6.07) is 3.86. The number of hydrogen-bond acceptors (Lipinski definition) is 8. The highest BCUT2D eigenvalue weighted by Gasteiger charge is 2.10. The highest BCUT2D eigenvalue weighted by molar-refractivity contribution is 7.13. The van der Waals surface area contributed by atoms with Gasteiger partial charge in [0.25, 0.3) is 0 Å². The predicted octanol–water partition coefficient (Wildman–Crippen LogP) is 2.14. The Morgan fingerprint density at radius 1 is 1.33 bits per heavy atom. The predicted molar refractivity (Wildman–Crippen MR) is 89.0 cm³/mol. The molecule has 0 atom stereocenters. The number of nitrogens with zero attached hydrogens (tertiary/aromatic N) is 4. The van der Waals surface area contributed by atoms with Crippen molar-refractivity contribution in [2.24, 2.45) is 0 Å². The van der Waals surface area contributed by atoms with E-state index in [4.69, 9.17) is 4.52 Å². The molecule has 1 amide bonds. The number of thiazole rings is 1. The SMILES string of the molecule is Cc1ccnc(Nc2nc(CC(=O)NCc3nc(C)no3)cs2)c1. The van der Waals surface area contributed by atoms with Gasteiger partial charge in [0, 0.05) is 11.6 Å². The van der Waals surface area contributed by atoms with Crippen molar-refractivity contribution in [2.45, 2.75) is 26.8 Å². The Kier molecular flexibility index (Phi) is 4.80. The maximum Gasteiger partial charge on any atom is 0.246 e. The number of nitrogens with one attached hydrogen (secondary N) is 2. The first-order chi connectivity index (χ1) is 11.6. The van der Waals surface area contributed by atoms with Crippen molar-refractivity contribution < 1.29 is 9.32 Å². The quantitative estimate of drug-likeness (QED) is 0.705. The van der Waals surface area contributed by atoms with Crippen LogP contribution in [-0.2, 0) is 17.8 Å². The molecule has 0 fully saturated rings. The van der Waals surface area contributed by atoms with Crippen LogP contribution in [0.25, 0.3) is 0 Å². The summed E-state index contributed by atoms with van der Waals surface area (Å²) in [7, 11) is 0. The van der Waals surface area contributed by atoms with E-state index < -0.39 is 0 Å². The summed E-state index contributed by atoms with van der Waals surface area (Å²) in [4.78, 5) is 24.6. The van der Waals surface area contributed by atoms with Crippen molar-refractivity contribution in [3.05, 3.63) is 46.7 Å². The zero-order valence-corrected chi connectivity index (χ0v) is 14.1. The summed E-state index contributed by atoms with van der Waals surface area (Å²) in [5.74, 6) is 1.50. The lowest BCUT2D eigenvalue weighted by Crippen LogP contribution is -2.24. The van der Waals surface area contributed by atoms with Crippen molar-refractivity contribution >= 4 is 28.2 Å². The normalized spacial score (nSPS) is 10.6. The molecule has 0 aliphatic carbocycles. The number of anilines is 2. The van der Waals surface area contributed by atoms with Gasteiger partial charge >= 0.3 is 0 Å². The summed E-state index contributed by atoms with van der Waals surface area (Å²) in [5.41, 5.74) is 1.80. The number of amides is 1. The smallest absolute Gasteiger partial charge is 0.246 e. The molecule has 3 heterocycles. The number of aromatic nitrogens is 4. The van der Waals surface area contributed by atoms with Gasteiger partial charge in [-0.15, -0.1) is 11.3 Å². The van der Waals surface area contributed by atoms with Gasteiger partial charge in [-0.1, -0.05) is 5.16 Å². The number of hydrogen-bond donors (Lipinski definition) is 2. The molecule has 0 aromatic carbocycles. The van der Waals surface area contributed by atoms with Gasteiger partial charge in [0.1, 0.15) is 5.82 Å². The maximum absolute atomic E-state index is 11.9. The molecule has 3 aromatic heterocycles. The second-order valence-corrected chi connectivity index (χ2v) is 6.03. The molecule has 24 heavy (non-hydrogen) atoms. The molecule has 9 heteroatoms. The molecule has 0 bridgehead atoms. The highest BCUT2D eigenvalue weighted by Crippen LogP contribution is 2.20. The molecule has 0 unspecified atom stereocenters. The first kappa shape index (κ1) is 16.1. The van der Waals surface area contributed by atoms with Crippen LogP contribution in [0.2, 0.25) is 0 Å². The second-order valence-electron chi connectivity index (χ2n) is 5.18. The van der Waals surface area contributed by atoms with Gasteiger partial charge in [-0.2, -0.15) is 4.98 Å². The largest absolute Gasteiger partial charge is 0.347 e. The van der Waals surface area contributed by atoms with Crippen LogP contribution < -0.4 is 10.6 Å². The van der Waals surface area contributed by atoms with Crippen LogP contribution in [-0.4, -0.2) is 26.0 Å². The van der Waals surface area contributed by atoms with E-state index in [9.17, 15) is 4.79 Å². The lowest BCUT2D eigenvalue weighted by atomic mass is 10.3. The van der Waals surface area contributed by atoms with E-state index in [0.29, 0.717) is 22.5 Å². The topological polar surface area (TPSA) is 106 Å². The Labute approximate surface area is 142 Å². The van der Waals surface area contributed by atoms with Gasteiger partial charge < -0.3 is 15.2 Å². The van der Waals surface area contributed by atoms with Crippen molar-refractivity contribution in [1.82, 2.24) is 25.4 Å². The van der Waals surface area contributed by atoms with Gasteiger partial charge in [0.05, 0.1) is 18.7 Å². The van der Waals surface area contributed by atoms with Crippen LogP contribution in [0, 0.1) is 13.8 Å². The first-order valence-corrected chi connectivity index (χ1v) is 8.16. The van der Waals surface area contributed by atoms with Gasteiger partial charge in [-0.3, -0.25) is 4.79 Å². The number of carbonyl (C=O) groups is 1. The number of rotatable bonds is 6. The zero-order valence-electron chi connectivity index (χ0n) is 13.2. The molecule has 0 aliphatic heterocycles. The Morgan fingerprint density at radius 2 is 2.21 bits per heavy atom. The van der Waals surface area contributed by atoms with Crippen molar-refractivity contribution in [2.75, 3.05) is 5.32 Å². The third-order valence-corrected chi connectivity index (χ3v) is 3.86. The van der Waals surface area contributed by atoms with Crippen molar-refractivity contribution in [1.29, 1.82) is 0 Å². The average Bonchev–Trinajstić information content (AvgIpc) is 3.14. The summed E-state index contributed by atoms with van der Waals surface area (Å²) >= 11 is 1.43. The van der Waals surface area contributed by atoms with E-state index in [1.807, 2.05) is 24.4 Å². The van der Waals surface area contributed by atoms with E-state index in [0.717, 1.165) is 11.4 Å². The molecular weight excluding hydrogens is 328 g/mol. The molecule has 2 N–H and O–H groups in total. The molecular formula is C15H16N6O2S. The van der Waals surface area contributed by atoms with E-state index >= 15 is 0 Å². The molecule has 124 valence electrons. The van der Waals surface area contributed by atoms with E-state index in [-0.39, 0.29) is 18.9 Å². The van der Waals surface area contributed by atoms with Gasteiger partial charge in [-0.25, -0.2) is 9.97 Å². The highest BCUT2D eigenvalue weighted by atomic mass is 32.1. The van der Waals surface area contributed by atoms with Crippen LogP contribution in [0.5, 0.6) is 0 Å². The number of pyridine rings is 1. The fourth-order valence-electron chi connectivity index (χ4n) is 1.97. The number of aryl methyl sites for hydroxylation is 2. The van der Waals surface area contributed by atoms with Crippen LogP contribution in [0.1, 0.15) is 23.0 Å². The molecule has 3 rings (SSSR count). The minimum absolute atomic E-state index is 0.156. The van der Waals surface area contributed by atoms with Crippen LogP contribution in [0.4, 0.5) is 10.9 Å². The van der Waals surface area contributed by atoms with Crippen molar-refractivity contribution in [3.63, 3.8) is 0 Å². The maximum atomic E-state index is 11.9. The van der Waals surface area contributed by atoms with E-state index in [2.05, 4.69) is 30.7 Å². The fourth-order valence-corrected chi connectivity index (χ4v) is 2.69. The summed E-state index contributed by atoms with van der Waals surface area (Å²) in [5, 5.41) is 12.1. The minimum atomic E-state index is -0.156. The lowest BCUT2D eigenvalue weighted by molar-refractivity contribution is -0.120. The molecule has 0 aliphatic rings. The second kappa shape index (κ2) is 7.18. The Bertz CT molecular complexity index is 844. The Morgan fingerprint density at radius 3 is 2.96 bits per heavy atom. The van der Waals surface area contributed by atoms with Crippen LogP contribution in [0.15, 0.2) is 28.2 Å². The summed E-state index contributed by atoms with van der Waals surface area (Å²) < 4.78 is 4.94. The third-order valence-electron chi connectivity index (χ3n) is 3.05. The molecule has 8 nitrogen and oxygen atoms in total. The molecule has 0 radical (unpaired) electrons. The summed E-state index contributed by atoms with van der Waals surface area (Å²) in [6.45, 7) is 3.93. The standard InChI is InChI=1S/C15H16N6O2S/c1-9-3-4-16-12(5-9)20-15-19-11(8-24-15)6-13(22)17-7-14-18-10(2)21-23-14/h3-5,8H,6-7H2,1-2H3,(H,17,22)(H,16,19,20). The van der Waals surface area contributed by atoms with Gasteiger partial charge in [-0.05, 0) is 31.5 Å². The average molecular weight is 344 g/mol. The van der Waals surface area contributed by atoms with E-state index in [1.54, 1.807) is 13.1 Å². The third kappa shape index (κ3) is 4.35. The van der Waals surface area contributed by atoms with Crippen molar-refractivity contribution in [3.8, 4) is 0 Å². The molecule has 0 saturated heterocycles. The van der Waals surface area contributed by atoms with Gasteiger partial charge in [0.2, 0.25) is 11.8 Å². The molecule has 3 aromatic rings. The van der Waals surface area contributed by atoms with Crippen LogP contribution >= 0.6 is 11.3 Å². The summed E-state index contributed by atoms with van der Waals surface area (Å²) in [6.07, 6.45) is 1.92. The monoisotopic (exact) mass is 344 g/mol. The zero-order chi connectivity index (χ0) is 16.9. The lowest BCUT2D eigenvalue weighted by Gasteiger charge is -2.02. The minimum Gasteiger partial charge on any atom is -0.347 e. The first-order valence-electron chi connectivity index (χ1n) is 7.28. The Hall–Kier alpha value is -2.81. The van der Waals surface area contributed by atoms with Crippen LogP contribution in [0.3, 0.4) is 0 Å². The van der Waals surface area contributed by atoms with Gasteiger partial charge in [0.15, 0.2) is 11.0 Å². The Balaban J connectivity index is 1.52. The number of carbonyl (C=O) groups excluding carboxylic acids is 1. The van der Waals surface area contributed by atoms with E-state index in [1.165, 1.54) is 11.3 Å². The fraction of sp³-hybridized carbons (Fsp3) is 0.267.